The second-order valence-corrected chi connectivity index (χ2v) is 4.06. The highest BCUT2D eigenvalue weighted by molar-refractivity contribution is 6.25. The Morgan fingerprint density at radius 1 is 1.40 bits per heavy atom. The summed E-state index contributed by atoms with van der Waals surface area (Å²) in [5.41, 5.74) is 1.57. The van der Waals surface area contributed by atoms with Crippen LogP contribution in [0, 0.1) is 0 Å². The lowest BCUT2D eigenvalue weighted by Gasteiger charge is -2.31. The quantitative estimate of drug-likeness (QED) is 0.708. The van der Waals surface area contributed by atoms with Crippen molar-refractivity contribution in [2.75, 3.05) is 32.8 Å². The Morgan fingerprint density at radius 2 is 2.13 bits per heavy atom. The van der Waals surface area contributed by atoms with E-state index >= 15 is 0 Å². The van der Waals surface area contributed by atoms with Gasteiger partial charge in [-0.25, -0.2) is 0 Å². The molecule has 1 saturated heterocycles. The summed E-state index contributed by atoms with van der Waals surface area (Å²) in [6, 6.07) is 0. The van der Waals surface area contributed by atoms with Gasteiger partial charge in [0.25, 0.3) is 0 Å². The van der Waals surface area contributed by atoms with E-state index in [1.807, 2.05) is 6.08 Å². The molecule has 0 aromatic carbocycles. The Labute approximate surface area is 96.7 Å². The van der Waals surface area contributed by atoms with Gasteiger partial charge in [0.2, 0.25) is 0 Å². The third kappa shape index (κ3) is 5.52. The predicted molar refractivity (Wildman–Crippen MR) is 62.1 cm³/mol. The van der Waals surface area contributed by atoms with Crippen molar-refractivity contribution in [3.63, 3.8) is 0 Å². The van der Waals surface area contributed by atoms with Crippen LogP contribution in [0.1, 0.15) is 19.3 Å². The van der Waals surface area contributed by atoms with Crippen molar-refractivity contribution in [2.24, 2.45) is 0 Å². The number of hydrogen-bond acceptors (Lipinski definition) is 3. The van der Waals surface area contributed by atoms with Gasteiger partial charge in [-0.15, -0.1) is 0 Å². The number of aliphatic hydroxyl groups excluding tert-OH is 1. The zero-order valence-electron chi connectivity index (χ0n) is 9.07. The van der Waals surface area contributed by atoms with Crippen molar-refractivity contribution in [2.45, 2.75) is 25.4 Å². The fourth-order valence-corrected chi connectivity index (χ4v) is 1.84. The Hall–Kier alpha value is -0.0900. The standard InChI is InChI=1S/C11H20ClNO2/c12-5-1-6-13-7-3-11(4-8-13)15-10-2-9-14/h1,5,11,14H,2-4,6-10H2/b5-1+. The van der Waals surface area contributed by atoms with Gasteiger partial charge >= 0.3 is 0 Å². The number of aliphatic hydroxyl groups is 1. The molecule has 0 saturated carbocycles. The largest absolute Gasteiger partial charge is 0.396 e. The van der Waals surface area contributed by atoms with Crippen LogP contribution < -0.4 is 0 Å². The highest BCUT2D eigenvalue weighted by Crippen LogP contribution is 2.13. The Bertz CT molecular complexity index is 179. The van der Waals surface area contributed by atoms with Gasteiger partial charge in [-0.3, -0.25) is 4.90 Å². The van der Waals surface area contributed by atoms with Crippen LogP contribution in [0.25, 0.3) is 0 Å². The molecule has 0 bridgehead atoms. The average molecular weight is 234 g/mol. The second kappa shape index (κ2) is 8.11. The van der Waals surface area contributed by atoms with Gasteiger partial charge in [-0.2, -0.15) is 0 Å². The van der Waals surface area contributed by atoms with Gasteiger partial charge in [0.1, 0.15) is 0 Å². The molecule has 15 heavy (non-hydrogen) atoms. The lowest BCUT2D eigenvalue weighted by Crippen LogP contribution is -2.37. The fourth-order valence-electron chi connectivity index (χ4n) is 1.76. The number of likely N-dealkylation sites (tertiary alicyclic amines) is 1. The molecule has 0 atom stereocenters. The Kier molecular flexibility index (Phi) is 7.01. The molecule has 1 aliphatic heterocycles. The van der Waals surface area contributed by atoms with E-state index in [2.05, 4.69) is 4.90 Å². The molecule has 0 radical (unpaired) electrons. The smallest absolute Gasteiger partial charge is 0.0599 e. The molecular formula is C11H20ClNO2. The van der Waals surface area contributed by atoms with E-state index in [0.29, 0.717) is 12.7 Å². The highest BCUT2D eigenvalue weighted by atomic mass is 35.5. The number of halogens is 1. The minimum Gasteiger partial charge on any atom is -0.396 e. The Balaban J connectivity index is 2.07. The van der Waals surface area contributed by atoms with E-state index in [-0.39, 0.29) is 6.61 Å². The molecule has 0 unspecified atom stereocenters. The maximum Gasteiger partial charge on any atom is 0.0599 e. The topological polar surface area (TPSA) is 32.7 Å². The SMILES string of the molecule is OCCCOC1CCN(C/C=C/Cl)CC1. The minimum atomic E-state index is 0.222. The molecule has 1 N–H and O–H groups in total. The van der Waals surface area contributed by atoms with Crippen LogP contribution in [-0.2, 0) is 4.74 Å². The number of nitrogens with zero attached hydrogens (tertiary/aromatic N) is 1. The first-order valence-electron chi connectivity index (χ1n) is 5.57. The third-order valence-corrected chi connectivity index (χ3v) is 2.82. The van der Waals surface area contributed by atoms with Gasteiger partial charge in [0, 0.05) is 38.4 Å². The molecule has 0 amide bonds. The fraction of sp³-hybridized carbons (Fsp3) is 0.818. The summed E-state index contributed by atoms with van der Waals surface area (Å²) in [7, 11) is 0. The number of rotatable bonds is 6. The summed E-state index contributed by atoms with van der Waals surface area (Å²) in [5, 5.41) is 8.63. The highest BCUT2D eigenvalue weighted by Gasteiger charge is 2.18. The Morgan fingerprint density at radius 3 is 2.73 bits per heavy atom. The monoisotopic (exact) mass is 233 g/mol. The van der Waals surface area contributed by atoms with Crippen LogP contribution in [0.2, 0.25) is 0 Å². The maximum atomic E-state index is 8.63. The summed E-state index contributed by atoms with van der Waals surface area (Å²) >= 11 is 5.48. The number of ether oxygens (including phenoxy) is 1. The van der Waals surface area contributed by atoms with Gasteiger partial charge in [0.05, 0.1) is 6.10 Å². The summed E-state index contributed by atoms with van der Waals surface area (Å²) in [5.74, 6) is 0. The van der Waals surface area contributed by atoms with Crippen LogP contribution in [0.15, 0.2) is 11.6 Å². The van der Waals surface area contributed by atoms with E-state index in [1.54, 1.807) is 5.54 Å². The molecule has 0 aliphatic carbocycles. The summed E-state index contributed by atoms with van der Waals surface area (Å²) in [4.78, 5) is 2.37. The third-order valence-electron chi connectivity index (χ3n) is 2.64. The summed E-state index contributed by atoms with van der Waals surface area (Å²) in [6.07, 6.45) is 5.26. The van der Waals surface area contributed by atoms with Crippen molar-refractivity contribution in [1.82, 2.24) is 4.90 Å². The molecule has 1 fully saturated rings. The van der Waals surface area contributed by atoms with Crippen LogP contribution in [-0.4, -0.2) is 49.0 Å². The molecule has 3 nitrogen and oxygen atoms in total. The predicted octanol–water partition coefficient (Wildman–Crippen LogP) is 1.60. The number of piperidine rings is 1. The molecular weight excluding hydrogens is 214 g/mol. The maximum absolute atomic E-state index is 8.63. The van der Waals surface area contributed by atoms with Crippen molar-refractivity contribution in [3.8, 4) is 0 Å². The zero-order valence-corrected chi connectivity index (χ0v) is 9.83. The van der Waals surface area contributed by atoms with Crippen molar-refractivity contribution >= 4 is 11.6 Å². The molecule has 88 valence electrons. The first-order valence-corrected chi connectivity index (χ1v) is 6.00. The molecule has 4 heteroatoms. The second-order valence-electron chi connectivity index (χ2n) is 3.81. The molecule has 0 spiro atoms. The first-order chi connectivity index (χ1) is 7.36. The van der Waals surface area contributed by atoms with Gasteiger partial charge in [-0.05, 0) is 19.3 Å². The number of hydrogen-bond donors (Lipinski definition) is 1. The van der Waals surface area contributed by atoms with Crippen LogP contribution in [0.4, 0.5) is 0 Å². The molecule has 1 rings (SSSR count). The first kappa shape index (κ1) is 13.0. The zero-order chi connectivity index (χ0) is 10.9. The molecule has 1 aliphatic rings. The van der Waals surface area contributed by atoms with E-state index < -0.39 is 0 Å². The van der Waals surface area contributed by atoms with Gasteiger partial charge in [-0.1, -0.05) is 17.7 Å². The van der Waals surface area contributed by atoms with Gasteiger partial charge in [0.15, 0.2) is 0 Å². The van der Waals surface area contributed by atoms with Gasteiger partial charge < -0.3 is 9.84 Å². The minimum absolute atomic E-state index is 0.222. The van der Waals surface area contributed by atoms with Crippen LogP contribution in [0.3, 0.4) is 0 Å². The molecule has 0 aromatic heterocycles. The molecule has 0 aromatic rings. The lowest BCUT2D eigenvalue weighted by molar-refractivity contribution is 0.00438. The lowest BCUT2D eigenvalue weighted by atomic mass is 10.1. The molecule has 1 heterocycles. The van der Waals surface area contributed by atoms with Crippen molar-refractivity contribution in [3.05, 3.63) is 11.6 Å². The average Bonchev–Trinajstić information content (AvgIpc) is 2.28. The van der Waals surface area contributed by atoms with Crippen molar-refractivity contribution in [1.29, 1.82) is 0 Å². The van der Waals surface area contributed by atoms with Crippen LogP contribution >= 0.6 is 11.6 Å². The van der Waals surface area contributed by atoms with Crippen molar-refractivity contribution < 1.29 is 9.84 Å². The normalized spacial score (nSPS) is 20.1. The van der Waals surface area contributed by atoms with E-state index in [0.717, 1.165) is 38.9 Å². The van der Waals surface area contributed by atoms with E-state index in [1.165, 1.54) is 0 Å². The van der Waals surface area contributed by atoms with E-state index in [9.17, 15) is 0 Å². The summed E-state index contributed by atoms with van der Waals surface area (Å²) in [6.45, 7) is 3.99. The van der Waals surface area contributed by atoms with E-state index in [4.69, 9.17) is 21.4 Å². The summed E-state index contributed by atoms with van der Waals surface area (Å²) < 4.78 is 5.65. The van der Waals surface area contributed by atoms with Crippen LogP contribution in [0.5, 0.6) is 0 Å².